The van der Waals surface area contributed by atoms with Gasteiger partial charge in [0.2, 0.25) is 0 Å². The molecule has 0 spiro atoms. The zero-order valence-electron chi connectivity index (χ0n) is 11.4. The van der Waals surface area contributed by atoms with Crippen LogP contribution >= 0.6 is 0 Å². The Morgan fingerprint density at radius 2 is 1.95 bits per heavy atom. The molecule has 4 nitrogen and oxygen atoms in total. The van der Waals surface area contributed by atoms with E-state index in [9.17, 15) is 0 Å². The Morgan fingerprint density at radius 3 is 2.63 bits per heavy atom. The molecule has 0 aliphatic rings. The monoisotopic (exact) mass is 257 g/mol. The van der Waals surface area contributed by atoms with Gasteiger partial charge >= 0.3 is 0 Å². The van der Waals surface area contributed by atoms with Gasteiger partial charge in [-0.15, -0.1) is 0 Å². The first-order valence-corrected chi connectivity index (χ1v) is 6.44. The number of benzene rings is 1. The highest BCUT2D eigenvalue weighted by Crippen LogP contribution is 2.20. The van der Waals surface area contributed by atoms with Crippen molar-refractivity contribution in [2.24, 2.45) is 0 Å². The second-order valence-corrected chi connectivity index (χ2v) is 4.29. The van der Waals surface area contributed by atoms with Crippen LogP contribution in [0.15, 0.2) is 36.5 Å². The summed E-state index contributed by atoms with van der Waals surface area (Å²) in [6.07, 6.45) is 3.76. The molecule has 1 heterocycles. The molecule has 0 unspecified atom stereocenters. The van der Waals surface area contributed by atoms with Gasteiger partial charge in [-0.2, -0.15) is 0 Å². The van der Waals surface area contributed by atoms with Crippen molar-refractivity contribution in [1.29, 1.82) is 0 Å². The summed E-state index contributed by atoms with van der Waals surface area (Å²) < 4.78 is 5.15. The van der Waals surface area contributed by atoms with E-state index in [1.807, 2.05) is 43.6 Å². The molecule has 0 aliphatic heterocycles. The summed E-state index contributed by atoms with van der Waals surface area (Å²) in [6, 6.07) is 9.84. The molecule has 0 radical (unpaired) electrons. The molecule has 0 amide bonds. The highest BCUT2D eigenvalue weighted by molar-refractivity contribution is 5.59. The van der Waals surface area contributed by atoms with E-state index in [0.29, 0.717) is 0 Å². The number of ether oxygens (including phenoxy) is 1. The first kappa shape index (κ1) is 13.5. The van der Waals surface area contributed by atoms with Gasteiger partial charge in [0.25, 0.3) is 0 Å². The SMILES string of the molecule is CNCCCc1nccc(-c2ccc(OC)cc2)n1. The minimum atomic E-state index is 0.854. The molecule has 0 saturated heterocycles. The highest BCUT2D eigenvalue weighted by atomic mass is 16.5. The largest absolute Gasteiger partial charge is 0.497 e. The molecule has 2 aromatic rings. The maximum atomic E-state index is 5.15. The van der Waals surface area contributed by atoms with Crippen molar-refractivity contribution in [3.05, 3.63) is 42.4 Å². The van der Waals surface area contributed by atoms with Crippen molar-refractivity contribution in [1.82, 2.24) is 15.3 Å². The molecule has 100 valence electrons. The third-order valence-electron chi connectivity index (χ3n) is 2.92. The lowest BCUT2D eigenvalue weighted by molar-refractivity contribution is 0.415. The summed E-state index contributed by atoms with van der Waals surface area (Å²) in [7, 11) is 3.62. The number of rotatable bonds is 6. The third-order valence-corrected chi connectivity index (χ3v) is 2.92. The summed E-state index contributed by atoms with van der Waals surface area (Å²) in [5, 5.41) is 3.13. The minimum Gasteiger partial charge on any atom is -0.497 e. The second kappa shape index (κ2) is 6.85. The first-order valence-electron chi connectivity index (χ1n) is 6.44. The van der Waals surface area contributed by atoms with Gasteiger partial charge in [0, 0.05) is 18.2 Å². The third kappa shape index (κ3) is 3.76. The molecule has 0 atom stereocenters. The van der Waals surface area contributed by atoms with E-state index in [1.165, 1.54) is 0 Å². The van der Waals surface area contributed by atoms with Crippen LogP contribution in [0.4, 0.5) is 0 Å². The van der Waals surface area contributed by atoms with E-state index in [4.69, 9.17) is 4.74 Å². The normalized spacial score (nSPS) is 10.4. The van der Waals surface area contributed by atoms with E-state index >= 15 is 0 Å². The maximum Gasteiger partial charge on any atom is 0.128 e. The second-order valence-electron chi connectivity index (χ2n) is 4.29. The molecule has 0 saturated carbocycles. The lowest BCUT2D eigenvalue weighted by atomic mass is 10.1. The average Bonchev–Trinajstić information content (AvgIpc) is 2.48. The molecule has 0 fully saturated rings. The number of methoxy groups -OCH3 is 1. The number of aromatic nitrogens is 2. The van der Waals surface area contributed by atoms with Gasteiger partial charge in [-0.05, 0) is 50.3 Å². The Hall–Kier alpha value is -1.94. The summed E-state index contributed by atoms with van der Waals surface area (Å²) in [5.41, 5.74) is 2.04. The summed E-state index contributed by atoms with van der Waals surface area (Å²) in [4.78, 5) is 8.90. The Morgan fingerprint density at radius 1 is 1.16 bits per heavy atom. The van der Waals surface area contributed by atoms with Crippen molar-refractivity contribution in [3.63, 3.8) is 0 Å². The van der Waals surface area contributed by atoms with Crippen molar-refractivity contribution >= 4 is 0 Å². The zero-order valence-corrected chi connectivity index (χ0v) is 11.4. The highest BCUT2D eigenvalue weighted by Gasteiger charge is 2.02. The van der Waals surface area contributed by atoms with E-state index in [0.717, 1.165) is 42.2 Å². The predicted molar refractivity (Wildman–Crippen MR) is 76.3 cm³/mol. The summed E-state index contributed by atoms with van der Waals surface area (Å²) >= 11 is 0. The summed E-state index contributed by atoms with van der Waals surface area (Å²) in [5.74, 6) is 1.75. The van der Waals surface area contributed by atoms with Gasteiger partial charge < -0.3 is 10.1 Å². The van der Waals surface area contributed by atoms with Gasteiger partial charge in [-0.25, -0.2) is 9.97 Å². The Balaban J connectivity index is 2.12. The van der Waals surface area contributed by atoms with Crippen LogP contribution in [0.25, 0.3) is 11.3 Å². The number of aryl methyl sites for hydroxylation is 1. The molecule has 1 aromatic heterocycles. The Bertz CT molecular complexity index is 511. The van der Waals surface area contributed by atoms with Crippen LogP contribution in [-0.4, -0.2) is 30.7 Å². The van der Waals surface area contributed by atoms with Crippen molar-refractivity contribution in [2.45, 2.75) is 12.8 Å². The number of hydrogen-bond donors (Lipinski definition) is 1. The molecule has 4 heteroatoms. The van der Waals surface area contributed by atoms with E-state index < -0.39 is 0 Å². The number of nitrogens with one attached hydrogen (secondary N) is 1. The molecule has 1 aromatic carbocycles. The molecule has 0 bridgehead atoms. The average molecular weight is 257 g/mol. The Labute approximate surface area is 113 Å². The first-order chi connectivity index (χ1) is 9.33. The quantitative estimate of drug-likeness (QED) is 0.807. The maximum absolute atomic E-state index is 5.15. The van der Waals surface area contributed by atoms with Gasteiger partial charge in [-0.3, -0.25) is 0 Å². The molecule has 2 rings (SSSR count). The van der Waals surface area contributed by atoms with Crippen molar-refractivity contribution in [2.75, 3.05) is 20.7 Å². The molecular weight excluding hydrogens is 238 g/mol. The van der Waals surface area contributed by atoms with E-state index in [2.05, 4.69) is 15.3 Å². The topological polar surface area (TPSA) is 47.0 Å². The van der Waals surface area contributed by atoms with Crippen molar-refractivity contribution in [3.8, 4) is 17.0 Å². The molecule has 0 aliphatic carbocycles. The molecule has 1 N–H and O–H groups in total. The zero-order chi connectivity index (χ0) is 13.5. The lowest BCUT2D eigenvalue weighted by Crippen LogP contribution is -2.09. The molecular formula is C15H19N3O. The van der Waals surface area contributed by atoms with Crippen LogP contribution in [0, 0.1) is 0 Å². The fraction of sp³-hybridized carbons (Fsp3) is 0.333. The van der Waals surface area contributed by atoms with Gasteiger partial charge in [0.15, 0.2) is 0 Å². The molecule has 19 heavy (non-hydrogen) atoms. The predicted octanol–water partition coefficient (Wildman–Crippen LogP) is 2.30. The number of hydrogen-bond acceptors (Lipinski definition) is 4. The van der Waals surface area contributed by atoms with Crippen molar-refractivity contribution < 1.29 is 4.74 Å². The van der Waals surface area contributed by atoms with Crippen LogP contribution in [0.3, 0.4) is 0 Å². The van der Waals surface area contributed by atoms with Crippen LogP contribution in [-0.2, 0) is 6.42 Å². The fourth-order valence-corrected chi connectivity index (χ4v) is 1.87. The van der Waals surface area contributed by atoms with E-state index in [-0.39, 0.29) is 0 Å². The lowest BCUT2D eigenvalue weighted by Gasteiger charge is -2.05. The number of nitrogens with zero attached hydrogens (tertiary/aromatic N) is 2. The van der Waals surface area contributed by atoms with Gasteiger partial charge in [-0.1, -0.05) is 0 Å². The van der Waals surface area contributed by atoms with Gasteiger partial charge in [0.1, 0.15) is 11.6 Å². The summed E-state index contributed by atoms with van der Waals surface area (Å²) in [6.45, 7) is 0.982. The van der Waals surface area contributed by atoms with Crippen LogP contribution < -0.4 is 10.1 Å². The van der Waals surface area contributed by atoms with Gasteiger partial charge in [0.05, 0.1) is 12.8 Å². The smallest absolute Gasteiger partial charge is 0.128 e. The van der Waals surface area contributed by atoms with E-state index in [1.54, 1.807) is 7.11 Å². The van der Waals surface area contributed by atoms with Crippen LogP contribution in [0.1, 0.15) is 12.2 Å². The standard InChI is InChI=1S/C15H19N3O/c1-16-10-3-4-15-17-11-9-14(18-15)12-5-7-13(19-2)8-6-12/h5-9,11,16H,3-4,10H2,1-2H3. The minimum absolute atomic E-state index is 0.854. The van der Waals surface area contributed by atoms with Crippen LogP contribution in [0.5, 0.6) is 5.75 Å². The Kier molecular flexibility index (Phi) is 4.86. The van der Waals surface area contributed by atoms with Crippen LogP contribution in [0.2, 0.25) is 0 Å². The fourth-order valence-electron chi connectivity index (χ4n) is 1.87.